The lowest BCUT2D eigenvalue weighted by atomic mass is 10.3. The van der Waals surface area contributed by atoms with Gasteiger partial charge in [-0.15, -0.1) is 0 Å². The van der Waals surface area contributed by atoms with Crippen LogP contribution in [0.4, 0.5) is 0 Å². The first-order valence-electron chi connectivity index (χ1n) is 6.33. The highest BCUT2D eigenvalue weighted by atomic mass is 32.2. The Bertz CT molecular complexity index is 488. The maximum atomic E-state index is 11.9. The predicted molar refractivity (Wildman–Crippen MR) is 76.7 cm³/mol. The van der Waals surface area contributed by atoms with Crippen molar-refractivity contribution in [3.63, 3.8) is 0 Å². The highest BCUT2D eigenvalue weighted by Crippen LogP contribution is 2.05. The Balaban J connectivity index is 2.37. The molecule has 0 amide bonds. The van der Waals surface area contributed by atoms with Gasteiger partial charge in [0.2, 0.25) is 0 Å². The average molecular weight is 302 g/mol. The Labute approximate surface area is 120 Å². The molecule has 0 saturated heterocycles. The molecule has 7 nitrogen and oxygen atoms in total. The number of sulfonamides is 1. The molecule has 0 aliphatic heterocycles. The average Bonchev–Trinajstić information content (AvgIpc) is 2.42. The van der Waals surface area contributed by atoms with Crippen LogP contribution in [0.25, 0.3) is 0 Å². The molecule has 0 unspecified atom stereocenters. The number of pyridine rings is 1. The van der Waals surface area contributed by atoms with Crippen molar-refractivity contribution in [2.24, 2.45) is 5.73 Å². The maximum absolute atomic E-state index is 11.9. The van der Waals surface area contributed by atoms with E-state index >= 15 is 0 Å². The summed E-state index contributed by atoms with van der Waals surface area (Å²) in [5, 5.41) is -0.0111. The molecule has 0 saturated carbocycles. The van der Waals surface area contributed by atoms with E-state index in [0.717, 1.165) is 12.1 Å². The summed E-state index contributed by atoms with van der Waals surface area (Å²) in [7, 11) is 0.313. The zero-order valence-electron chi connectivity index (χ0n) is 11.9. The van der Waals surface area contributed by atoms with Crippen molar-refractivity contribution in [1.29, 1.82) is 0 Å². The van der Waals surface area contributed by atoms with E-state index in [4.69, 9.17) is 10.5 Å². The molecule has 1 aromatic heterocycles. The normalized spacial score (nSPS) is 12.0. The summed E-state index contributed by atoms with van der Waals surface area (Å²) >= 11 is 0. The molecule has 0 fully saturated rings. The maximum Gasteiger partial charge on any atom is 0.258 e. The minimum atomic E-state index is -3.58. The highest BCUT2D eigenvalue weighted by Gasteiger charge is 2.14. The van der Waals surface area contributed by atoms with E-state index in [9.17, 15) is 8.42 Å². The number of nitrogens with zero attached hydrogens (tertiary/aromatic N) is 2. The fourth-order valence-corrected chi connectivity index (χ4v) is 2.30. The van der Waals surface area contributed by atoms with E-state index in [1.54, 1.807) is 6.07 Å². The number of hydrogen-bond donors (Lipinski definition) is 2. The molecule has 3 N–H and O–H groups in total. The zero-order valence-corrected chi connectivity index (χ0v) is 12.7. The van der Waals surface area contributed by atoms with E-state index in [1.807, 2.05) is 19.0 Å². The zero-order chi connectivity index (χ0) is 15.0. The second-order valence-electron chi connectivity index (χ2n) is 4.52. The fraction of sp³-hybridized carbons (Fsp3) is 0.583. The molecule has 20 heavy (non-hydrogen) atoms. The molecule has 0 radical (unpaired) electrons. The quantitative estimate of drug-likeness (QED) is 0.591. The lowest BCUT2D eigenvalue weighted by Crippen LogP contribution is -2.29. The van der Waals surface area contributed by atoms with Gasteiger partial charge in [0.25, 0.3) is 10.0 Å². The molecular formula is C12H22N4O3S. The molecule has 1 heterocycles. The second kappa shape index (κ2) is 8.28. The Hall–Kier alpha value is -1.06. The summed E-state index contributed by atoms with van der Waals surface area (Å²) in [6.07, 6.45) is 1.46. The molecule has 0 aliphatic rings. The molecule has 0 atom stereocenters. The van der Waals surface area contributed by atoms with Crippen molar-refractivity contribution in [2.75, 3.05) is 40.4 Å². The van der Waals surface area contributed by atoms with Gasteiger partial charge in [-0.2, -0.15) is 0 Å². The minimum Gasteiger partial charge on any atom is -0.379 e. The topological polar surface area (TPSA) is 97.5 Å². The summed E-state index contributed by atoms with van der Waals surface area (Å²) in [4.78, 5) is 5.87. The number of likely N-dealkylation sites (N-methyl/N-ethyl adjacent to an activating group) is 1. The summed E-state index contributed by atoms with van der Waals surface area (Å²) in [6.45, 7) is 2.25. The summed E-state index contributed by atoms with van der Waals surface area (Å²) < 4.78 is 31.6. The lowest BCUT2D eigenvalue weighted by molar-refractivity contribution is 0.122. The van der Waals surface area contributed by atoms with Gasteiger partial charge >= 0.3 is 0 Å². The van der Waals surface area contributed by atoms with Crippen LogP contribution >= 0.6 is 0 Å². The Morgan fingerprint density at radius 3 is 2.65 bits per heavy atom. The second-order valence-corrected chi connectivity index (χ2v) is 6.24. The summed E-state index contributed by atoms with van der Waals surface area (Å²) in [5.74, 6) is 0. The van der Waals surface area contributed by atoms with Gasteiger partial charge in [-0.3, -0.25) is 0 Å². The van der Waals surface area contributed by atoms with Crippen molar-refractivity contribution in [1.82, 2.24) is 14.6 Å². The van der Waals surface area contributed by atoms with E-state index < -0.39 is 10.0 Å². The van der Waals surface area contributed by atoms with E-state index in [2.05, 4.69) is 9.71 Å². The van der Waals surface area contributed by atoms with Gasteiger partial charge in [0.1, 0.15) is 0 Å². The first-order chi connectivity index (χ1) is 9.45. The predicted octanol–water partition coefficient (Wildman–Crippen LogP) is -0.603. The largest absolute Gasteiger partial charge is 0.379 e. The van der Waals surface area contributed by atoms with Crippen LogP contribution < -0.4 is 10.5 Å². The number of nitrogens with one attached hydrogen (secondary N) is 1. The Morgan fingerprint density at radius 2 is 2.10 bits per heavy atom. The van der Waals surface area contributed by atoms with Gasteiger partial charge in [0.15, 0.2) is 5.03 Å². The molecule has 0 aromatic carbocycles. The number of rotatable bonds is 9. The molecule has 0 spiro atoms. The van der Waals surface area contributed by atoms with Crippen LogP contribution in [0.2, 0.25) is 0 Å². The number of hydrogen-bond acceptors (Lipinski definition) is 6. The third-order valence-corrected chi connectivity index (χ3v) is 3.91. The number of ether oxygens (including phenoxy) is 1. The first-order valence-corrected chi connectivity index (χ1v) is 7.81. The third-order valence-electron chi connectivity index (χ3n) is 2.53. The van der Waals surface area contributed by atoms with E-state index in [0.29, 0.717) is 19.8 Å². The number of aromatic nitrogens is 1. The van der Waals surface area contributed by atoms with E-state index in [-0.39, 0.29) is 11.6 Å². The van der Waals surface area contributed by atoms with Crippen LogP contribution in [0.3, 0.4) is 0 Å². The minimum absolute atomic E-state index is 0.0111. The van der Waals surface area contributed by atoms with Crippen LogP contribution in [0, 0.1) is 0 Å². The van der Waals surface area contributed by atoms with Gasteiger partial charge in [0.05, 0.1) is 13.2 Å². The molecule has 1 aromatic rings. The summed E-state index contributed by atoms with van der Waals surface area (Å²) in [5.41, 5.74) is 6.22. The molecule has 1 rings (SSSR count). The van der Waals surface area contributed by atoms with Crippen molar-refractivity contribution in [3.8, 4) is 0 Å². The Morgan fingerprint density at radius 1 is 1.35 bits per heavy atom. The van der Waals surface area contributed by atoms with Crippen LogP contribution in [0.1, 0.15) is 5.56 Å². The van der Waals surface area contributed by atoms with Crippen molar-refractivity contribution >= 4 is 10.0 Å². The Kier molecular flexibility index (Phi) is 7.03. The van der Waals surface area contributed by atoms with Gasteiger partial charge in [0, 0.05) is 25.8 Å². The monoisotopic (exact) mass is 302 g/mol. The van der Waals surface area contributed by atoms with E-state index in [1.165, 1.54) is 12.3 Å². The number of nitrogens with two attached hydrogens (primary N) is 1. The first kappa shape index (κ1) is 17.0. The summed E-state index contributed by atoms with van der Waals surface area (Å²) in [6, 6.07) is 3.09. The van der Waals surface area contributed by atoms with Gasteiger partial charge < -0.3 is 15.4 Å². The van der Waals surface area contributed by atoms with Crippen LogP contribution in [0.15, 0.2) is 23.4 Å². The third kappa shape index (κ3) is 5.93. The molecular weight excluding hydrogens is 280 g/mol. The highest BCUT2D eigenvalue weighted by molar-refractivity contribution is 7.89. The van der Waals surface area contributed by atoms with Crippen LogP contribution in [-0.2, 0) is 21.3 Å². The van der Waals surface area contributed by atoms with Crippen molar-refractivity contribution in [3.05, 3.63) is 23.9 Å². The molecule has 8 heteroatoms. The molecule has 0 bridgehead atoms. The van der Waals surface area contributed by atoms with Gasteiger partial charge in [-0.25, -0.2) is 18.1 Å². The fourth-order valence-electron chi connectivity index (χ4n) is 1.36. The standard InChI is InChI=1S/C12H22N4O3S/c1-16(2)6-8-19-7-5-15-20(17,18)12-4-3-11(9-13)10-14-12/h3-4,10,15H,5-9,13H2,1-2H3. The van der Waals surface area contributed by atoms with Crippen LogP contribution in [0.5, 0.6) is 0 Å². The van der Waals surface area contributed by atoms with Crippen molar-refractivity contribution in [2.45, 2.75) is 11.6 Å². The van der Waals surface area contributed by atoms with Crippen molar-refractivity contribution < 1.29 is 13.2 Å². The molecule has 114 valence electrons. The SMILES string of the molecule is CN(C)CCOCCNS(=O)(=O)c1ccc(CN)cn1. The van der Waals surface area contributed by atoms with Crippen LogP contribution in [-0.4, -0.2) is 58.7 Å². The van der Waals surface area contributed by atoms with Gasteiger partial charge in [-0.05, 0) is 25.7 Å². The lowest BCUT2D eigenvalue weighted by Gasteiger charge is -2.10. The smallest absolute Gasteiger partial charge is 0.258 e. The van der Waals surface area contributed by atoms with Gasteiger partial charge in [-0.1, -0.05) is 6.07 Å². The molecule has 0 aliphatic carbocycles.